The molecule has 0 amide bonds. The van der Waals surface area contributed by atoms with E-state index in [-0.39, 0.29) is 12.8 Å². The molecule has 8 heteroatoms. The average molecular weight is 92.5 g/mol. The Kier molecular flexibility index (Phi) is 3.76. The number of hydrogen-bond acceptors (Lipinski definition) is 0. The normalized spacial score (nSPS) is 8.25. The van der Waals surface area contributed by atoms with E-state index in [0.29, 0.717) is 15.5 Å². The predicted molar refractivity (Wildman–Crippen MR) is 54.4 cm³/mol. The van der Waals surface area contributed by atoms with E-state index in [4.69, 9.17) is 23.2 Å². The van der Waals surface area contributed by atoms with Crippen LogP contribution < -0.4 is 0 Å². The summed E-state index contributed by atoms with van der Waals surface area (Å²) in [4.78, 5) is 0. The molecule has 32 valence electrons. The molecule has 0 heterocycles. The maximum Gasteiger partial charge on any atom is -0.000190 e. The molecule has 0 spiro atoms. The van der Waals surface area contributed by atoms with Crippen LogP contribution in [0.25, 0.3) is 0 Å². The zero-order valence-electron chi connectivity index (χ0n) is 3.46. The van der Waals surface area contributed by atoms with Crippen LogP contribution in [0.15, 0.2) is 0 Å². The van der Waals surface area contributed by atoms with E-state index < -0.39 is 0 Å². The van der Waals surface area contributed by atoms with Crippen molar-refractivity contribution in [1.29, 1.82) is 0 Å². The van der Waals surface area contributed by atoms with Crippen molar-refractivity contribution in [3.63, 3.8) is 0 Å². The molecule has 0 bridgehead atoms. The van der Waals surface area contributed by atoms with Gasteiger partial charge in [0.1, 0.15) is 0 Å². The lowest BCUT2D eigenvalue weighted by molar-refractivity contribution is 3.62. The Balaban J connectivity index is 3.46. The fourth-order valence-corrected chi connectivity index (χ4v) is 0. The summed E-state index contributed by atoms with van der Waals surface area (Å²) in [6.45, 7) is 0. The highest BCUT2D eigenvalue weighted by molar-refractivity contribution is 7.89. The second-order valence-corrected chi connectivity index (χ2v) is 1.15. The first-order chi connectivity index (χ1) is 3.55. The molecule has 8 heavy (non-hydrogen) atoms. The van der Waals surface area contributed by atoms with Crippen LogP contribution in [-0.2, 0) is 0 Å². The molecule has 0 aliphatic rings. The summed E-state index contributed by atoms with van der Waals surface area (Å²) < 4.78 is 0. The molecule has 0 saturated carbocycles. The molecule has 0 aromatic carbocycles. The SMILES string of the molecule is [B]B([B])B([B])B([BH3-])[BH3-]. The largest absolute Gasteiger partial charge is 0.262 e. The summed E-state index contributed by atoms with van der Waals surface area (Å²) in [5, 5.41) is 0. The first-order valence-electron chi connectivity index (χ1n) is 1.67. The Morgan fingerprint density at radius 2 is 1.38 bits per heavy atom. The van der Waals surface area contributed by atoms with Crippen molar-refractivity contribution in [1.82, 2.24) is 0 Å². The van der Waals surface area contributed by atoms with Crippen molar-refractivity contribution in [3.8, 4) is 0 Å². The van der Waals surface area contributed by atoms with Gasteiger partial charge >= 0.3 is 0 Å². The Morgan fingerprint density at radius 1 is 1.00 bits per heavy atom. The van der Waals surface area contributed by atoms with E-state index in [9.17, 15) is 0 Å². The highest BCUT2D eigenvalue weighted by Crippen LogP contribution is 1.76. The van der Waals surface area contributed by atoms with E-state index in [0.717, 1.165) is 6.39 Å². The van der Waals surface area contributed by atoms with Crippen LogP contribution in [0.5, 0.6) is 0 Å². The summed E-state index contributed by atoms with van der Waals surface area (Å²) in [6.07, 6.45) is 0.764. The highest BCUT2D eigenvalue weighted by atomic mass is 13.0. The summed E-state index contributed by atoms with van der Waals surface area (Å²) in [5.74, 6) is 0. The van der Waals surface area contributed by atoms with Crippen molar-refractivity contribution >= 4 is 57.8 Å². The molecule has 0 N–H and O–H groups in total. The lowest BCUT2D eigenvalue weighted by Crippen LogP contribution is -2.52. The van der Waals surface area contributed by atoms with Crippen molar-refractivity contribution in [2.24, 2.45) is 0 Å². The molecule has 0 saturated heterocycles. The average Bonchev–Trinajstić information content (AvgIpc) is 1.64. The Morgan fingerprint density at radius 3 is 1.38 bits per heavy atom. The van der Waals surface area contributed by atoms with Crippen LogP contribution in [0.3, 0.4) is 0 Å². The lowest BCUT2D eigenvalue weighted by atomic mass is 8.68. The first-order valence-corrected chi connectivity index (χ1v) is 1.67. The van der Waals surface area contributed by atoms with E-state index in [2.05, 4.69) is 0 Å². The first kappa shape index (κ1) is 8.52. The lowest BCUT2D eigenvalue weighted by Gasteiger charge is -2.23. The third-order valence-corrected chi connectivity index (χ3v) is 0.444. The van der Waals surface area contributed by atoms with Gasteiger partial charge in [-0.3, -0.25) is 6.39 Å². The second-order valence-electron chi connectivity index (χ2n) is 1.15. The van der Waals surface area contributed by atoms with Gasteiger partial charge in [-0.2, -0.15) is 0 Å². The highest BCUT2D eigenvalue weighted by Gasteiger charge is 2.06. The van der Waals surface area contributed by atoms with Crippen molar-refractivity contribution in [3.05, 3.63) is 0 Å². The third kappa shape index (κ3) is 2.74. The predicted octanol–water partition coefficient (Wildman–Crippen LogP) is -4.65. The standard InChI is InChI=1S/B8H6/c1-6(2)8(5)7(3)4/h1-2H3/q-2. The summed E-state index contributed by atoms with van der Waals surface area (Å²) >= 11 is 0. The molecular formula is H6B8-2. The van der Waals surface area contributed by atoms with Crippen molar-refractivity contribution in [2.75, 3.05) is 0 Å². The molecule has 6 radical (unpaired) electrons. The summed E-state index contributed by atoms with van der Waals surface area (Å²) in [6, 6.07) is 0. The van der Waals surface area contributed by atoms with E-state index in [1.807, 2.05) is 0 Å². The minimum atomic E-state index is -0.255. The van der Waals surface area contributed by atoms with Crippen LogP contribution in [0.1, 0.15) is 0 Å². The minimum Gasteiger partial charge on any atom is -0.262 e. The second kappa shape index (κ2) is 3.53. The zero-order valence-corrected chi connectivity index (χ0v) is 3.46. The Hall–Kier alpha value is 0.519. The van der Waals surface area contributed by atoms with Gasteiger partial charge in [-0.05, 0) is 29.6 Å². The van der Waals surface area contributed by atoms with Gasteiger partial charge in [0.15, 0.2) is 0 Å². The number of rotatable bonds is 2. The van der Waals surface area contributed by atoms with Gasteiger partial charge in [0, 0.05) is 0 Å². The quantitative estimate of drug-likeness (QED) is 0.301. The molecular weight excluding hydrogens is 86.5 g/mol. The zero-order chi connectivity index (χ0) is 6.73. The third-order valence-electron chi connectivity index (χ3n) is 0.444. The smallest absolute Gasteiger partial charge is 0.000190 e. The maximum atomic E-state index is 5.63. The Labute approximate surface area is 58.5 Å². The maximum absolute atomic E-state index is 5.63. The van der Waals surface area contributed by atoms with Gasteiger partial charge in [-0.15, -0.1) is 15.5 Å². The molecule has 0 aliphatic carbocycles. The number of hydrogen-bond donors (Lipinski definition) is 0. The topological polar surface area (TPSA) is 0 Å². The van der Waals surface area contributed by atoms with E-state index in [1.54, 1.807) is 0 Å². The van der Waals surface area contributed by atoms with Crippen LogP contribution in [0.4, 0.5) is 0 Å². The van der Waals surface area contributed by atoms with Gasteiger partial charge in [-0.25, -0.2) is 0 Å². The van der Waals surface area contributed by atoms with Gasteiger partial charge < -0.3 is 0 Å². The van der Waals surface area contributed by atoms with E-state index in [1.165, 1.54) is 0 Å². The fourth-order valence-electron chi connectivity index (χ4n) is 0. The molecule has 0 aromatic rings. The van der Waals surface area contributed by atoms with Crippen molar-refractivity contribution in [2.45, 2.75) is 0 Å². The minimum absolute atomic E-state index is 0.148. The summed E-state index contributed by atoms with van der Waals surface area (Å²) in [7, 11) is 17.2. The van der Waals surface area contributed by atoms with Crippen LogP contribution in [-0.4, -0.2) is 57.8 Å². The monoisotopic (exact) mass is 94.1 g/mol. The molecule has 0 atom stereocenters. The van der Waals surface area contributed by atoms with Gasteiger partial charge in [0.25, 0.3) is 0 Å². The molecule has 0 aliphatic heterocycles. The fraction of sp³-hybridized carbons (Fsp3) is 0. The molecule has 0 aromatic heterocycles. The molecule has 0 rings (SSSR count). The molecule has 0 fully saturated rings. The summed E-state index contributed by atoms with van der Waals surface area (Å²) in [5.41, 5.74) is 0. The van der Waals surface area contributed by atoms with Crippen LogP contribution in [0.2, 0.25) is 0 Å². The van der Waals surface area contributed by atoms with Crippen LogP contribution >= 0.6 is 0 Å². The van der Waals surface area contributed by atoms with Gasteiger partial charge in [0.05, 0.1) is 0 Å². The van der Waals surface area contributed by atoms with Crippen LogP contribution in [0, 0.1) is 0 Å². The molecule has 0 nitrogen and oxygen atoms in total. The van der Waals surface area contributed by atoms with Gasteiger partial charge in [0.2, 0.25) is 0 Å². The Bertz CT molecular complexity index is 45.1. The molecule has 0 unspecified atom stereocenters. The van der Waals surface area contributed by atoms with Gasteiger partial charge in [-0.1, -0.05) is 6.39 Å². The van der Waals surface area contributed by atoms with Crippen molar-refractivity contribution < 1.29 is 0 Å². The van der Waals surface area contributed by atoms with E-state index >= 15 is 0 Å².